The van der Waals surface area contributed by atoms with E-state index in [0.29, 0.717) is 11.0 Å². The van der Waals surface area contributed by atoms with Crippen molar-refractivity contribution in [3.63, 3.8) is 0 Å². The van der Waals surface area contributed by atoms with E-state index in [0.717, 1.165) is 0 Å². The Bertz CT molecular complexity index is 514. The molecule has 1 aromatic rings. The lowest BCUT2D eigenvalue weighted by atomic mass is 10.2. The van der Waals surface area contributed by atoms with E-state index in [1.165, 1.54) is 10.6 Å². The van der Waals surface area contributed by atoms with Crippen molar-refractivity contribution in [1.82, 2.24) is 9.88 Å². The monoisotopic (exact) mass is 356 g/mol. The predicted molar refractivity (Wildman–Crippen MR) is 67.4 cm³/mol. The standard InChI is InChI=1S/C11H12BrF3N2O3/c1-2-17-5-6(12)3-8(17)9(18)16-7(10(19)20)4-11(13,14)15/h3,5,7H,2,4H2,1H3,(H,16,18)(H,19,20). The first-order valence-electron chi connectivity index (χ1n) is 5.60. The number of hydrogen-bond acceptors (Lipinski definition) is 2. The largest absolute Gasteiger partial charge is 0.480 e. The molecule has 1 heterocycles. The molecule has 1 aromatic heterocycles. The van der Waals surface area contributed by atoms with Gasteiger partial charge in [-0.2, -0.15) is 13.2 Å². The molecular weight excluding hydrogens is 345 g/mol. The Labute approximate surface area is 120 Å². The minimum Gasteiger partial charge on any atom is -0.480 e. The van der Waals surface area contributed by atoms with Crippen molar-refractivity contribution in [3.8, 4) is 0 Å². The normalized spacial score (nSPS) is 13.1. The van der Waals surface area contributed by atoms with Crippen LogP contribution >= 0.6 is 15.9 Å². The van der Waals surface area contributed by atoms with Crippen molar-refractivity contribution < 1.29 is 27.9 Å². The predicted octanol–water partition coefficient (Wildman–Crippen LogP) is 2.41. The van der Waals surface area contributed by atoms with Gasteiger partial charge in [0, 0.05) is 17.2 Å². The maximum atomic E-state index is 12.2. The zero-order chi connectivity index (χ0) is 15.5. The average molecular weight is 357 g/mol. The first kappa shape index (κ1) is 16.5. The molecule has 0 fully saturated rings. The number of aliphatic carboxylic acids is 1. The van der Waals surface area contributed by atoms with E-state index in [2.05, 4.69) is 15.9 Å². The van der Waals surface area contributed by atoms with Crippen LogP contribution in [0.5, 0.6) is 0 Å². The molecule has 9 heteroatoms. The molecule has 0 aliphatic rings. The summed E-state index contributed by atoms with van der Waals surface area (Å²) in [5.74, 6) is -2.60. The van der Waals surface area contributed by atoms with Gasteiger partial charge >= 0.3 is 12.1 Å². The number of carboxylic acid groups (broad SMARTS) is 1. The van der Waals surface area contributed by atoms with Crippen LogP contribution in [0, 0.1) is 0 Å². The molecule has 5 nitrogen and oxygen atoms in total. The van der Waals surface area contributed by atoms with Crippen LogP contribution in [0.15, 0.2) is 16.7 Å². The zero-order valence-corrected chi connectivity index (χ0v) is 12.0. The van der Waals surface area contributed by atoms with Gasteiger partial charge in [-0.15, -0.1) is 0 Å². The number of amides is 1. The third kappa shape index (κ3) is 4.55. The summed E-state index contributed by atoms with van der Waals surface area (Å²) in [4.78, 5) is 22.6. The maximum absolute atomic E-state index is 12.2. The average Bonchev–Trinajstić information content (AvgIpc) is 2.67. The highest BCUT2D eigenvalue weighted by atomic mass is 79.9. The summed E-state index contributed by atoms with van der Waals surface area (Å²) >= 11 is 3.14. The third-order valence-corrected chi connectivity index (χ3v) is 2.91. The summed E-state index contributed by atoms with van der Waals surface area (Å²) < 4.78 is 38.8. The summed E-state index contributed by atoms with van der Waals surface area (Å²) in [6.07, 6.45) is -4.72. The summed E-state index contributed by atoms with van der Waals surface area (Å²) in [5, 5.41) is 10.6. The van der Waals surface area contributed by atoms with Crippen LogP contribution in [-0.4, -0.2) is 33.8 Å². The van der Waals surface area contributed by atoms with Gasteiger partial charge in [-0.3, -0.25) is 4.79 Å². The molecule has 0 bridgehead atoms. The molecule has 0 aliphatic heterocycles. The van der Waals surface area contributed by atoms with Crippen molar-refractivity contribution >= 4 is 27.8 Å². The van der Waals surface area contributed by atoms with Crippen molar-refractivity contribution in [2.75, 3.05) is 0 Å². The molecule has 0 spiro atoms. The van der Waals surface area contributed by atoms with E-state index in [1.807, 2.05) is 5.32 Å². The SMILES string of the molecule is CCn1cc(Br)cc1C(=O)NC(CC(F)(F)F)C(=O)O. The van der Waals surface area contributed by atoms with Crippen LogP contribution in [0.25, 0.3) is 0 Å². The first-order valence-corrected chi connectivity index (χ1v) is 6.39. The quantitative estimate of drug-likeness (QED) is 0.850. The number of nitrogens with one attached hydrogen (secondary N) is 1. The van der Waals surface area contributed by atoms with E-state index in [-0.39, 0.29) is 5.69 Å². The molecule has 20 heavy (non-hydrogen) atoms. The fourth-order valence-electron chi connectivity index (χ4n) is 1.59. The number of alkyl halides is 3. The van der Waals surface area contributed by atoms with Crippen molar-refractivity contribution in [2.24, 2.45) is 0 Å². The van der Waals surface area contributed by atoms with E-state index in [1.54, 1.807) is 13.1 Å². The Kier molecular flexibility index (Phi) is 5.21. The molecule has 0 saturated carbocycles. The Morgan fingerprint density at radius 1 is 1.50 bits per heavy atom. The topological polar surface area (TPSA) is 71.3 Å². The second-order valence-electron chi connectivity index (χ2n) is 4.01. The summed E-state index contributed by atoms with van der Waals surface area (Å²) in [6, 6.07) is -0.604. The number of halogens is 4. The van der Waals surface area contributed by atoms with Gasteiger partial charge in [0.15, 0.2) is 0 Å². The fourth-order valence-corrected chi connectivity index (χ4v) is 2.05. The highest BCUT2D eigenvalue weighted by molar-refractivity contribution is 9.10. The molecule has 0 aromatic carbocycles. The van der Waals surface area contributed by atoms with Crippen LogP contribution in [0.1, 0.15) is 23.8 Å². The van der Waals surface area contributed by atoms with Gasteiger partial charge in [0.05, 0.1) is 6.42 Å². The number of carbonyl (C=O) groups excluding carboxylic acids is 1. The molecule has 1 unspecified atom stereocenters. The van der Waals surface area contributed by atoms with E-state index in [9.17, 15) is 22.8 Å². The van der Waals surface area contributed by atoms with Crippen LogP contribution in [0.3, 0.4) is 0 Å². The molecule has 1 atom stereocenters. The van der Waals surface area contributed by atoms with E-state index < -0.39 is 30.5 Å². The molecule has 0 saturated heterocycles. The Hall–Kier alpha value is -1.51. The lowest BCUT2D eigenvalue weighted by Crippen LogP contribution is -2.44. The van der Waals surface area contributed by atoms with Crippen LogP contribution in [-0.2, 0) is 11.3 Å². The van der Waals surface area contributed by atoms with Gasteiger partial charge in [-0.25, -0.2) is 4.79 Å². The minimum absolute atomic E-state index is 0.0906. The van der Waals surface area contributed by atoms with E-state index >= 15 is 0 Å². The second-order valence-corrected chi connectivity index (χ2v) is 4.93. The number of hydrogen-bond donors (Lipinski definition) is 2. The Morgan fingerprint density at radius 2 is 2.10 bits per heavy atom. The van der Waals surface area contributed by atoms with Crippen molar-refractivity contribution in [2.45, 2.75) is 32.1 Å². The molecular formula is C11H12BrF3N2O3. The lowest BCUT2D eigenvalue weighted by molar-refractivity contribution is -0.157. The Morgan fingerprint density at radius 3 is 2.55 bits per heavy atom. The van der Waals surface area contributed by atoms with Gasteiger partial charge in [0.25, 0.3) is 5.91 Å². The third-order valence-electron chi connectivity index (χ3n) is 2.48. The van der Waals surface area contributed by atoms with Gasteiger partial charge in [0.1, 0.15) is 11.7 Å². The number of carbonyl (C=O) groups is 2. The number of carboxylic acids is 1. The second kappa shape index (κ2) is 6.29. The number of aromatic nitrogens is 1. The highest BCUT2D eigenvalue weighted by Crippen LogP contribution is 2.22. The minimum atomic E-state index is -4.68. The van der Waals surface area contributed by atoms with Crippen molar-refractivity contribution in [1.29, 1.82) is 0 Å². The number of rotatable bonds is 5. The molecule has 0 aliphatic carbocycles. The lowest BCUT2D eigenvalue weighted by Gasteiger charge is -2.16. The Balaban J connectivity index is 2.88. The van der Waals surface area contributed by atoms with Gasteiger partial charge < -0.3 is 15.0 Å². The maximum Gasteiger partial charge on any atom is 0.391 e. The fraction of sp³-hybridized carbons (Fsp3) is 0.455. The van der Waals surface area contributed by atoms with Gasteiger partial charge in [-0.05, 0) is 28.9 Å². The van der Waals surface area contributed by atoms with E-state index in [4.69, 9.17) is 5.11 Å². The summed E-state index contributed by atoms with van der Waals surface area (Å²) in [7, 11) is 0. The highest BCUT2D eigenvalue weighted by Gasteiger charge is 2.36. The smallest absolute Gasteiger partial charge is 0.391 e. The summed E-state index contributed by atoms with van der Waals surface area (Å²) in [6.45, 7) is 2.17. The molecule has 1 amide bonds. The molecule has 112 valence electrons. The number of nitrogens with zero attached hydrogens (tertiary/aromatic N) is 1. The molecule has 0 radical (unpaired) electrons. The number of aryl methyl sites for hydroxylation is 1. The van der Waals surface area contributed by atoms with Crippen molar-refractivity contribution in [3.05, 3.63) is 22.4 Å². The summed E-state index contributed by atoms with van der Waals surface area (Å²) in [5.41, 5.74) is 0.0906. The molecule has 1 rings (SSSR count). The van der Waals surface area contributed by atoms with Crippen LogP contribution in [0.4, 0.5) is 13.2 Å². The van der Waals surface area contributed by atoms with Gasteiger partial charge in [-0.1, -0.05) is 0 Å². The van der Waals surface area contributed by atoms with Crippen LogP contribution < -0.4 is 5.32 Å². The van der Waals surface area contributed by atoms with Crippen LogP contribution in [0.2, 0.25) is 0 Å². The first-order chi connectivity index (χ1) is 9.14. The van der Waals surface area contributed by atoms with Gasteiger partial charge in [0.2, 0.25) is 0 Å². The molecule has 2 N–H and O–H groups in total. The zero-order valence-electron chi connectivity index (χ0n) is 10.4.